The van der Waals surface area contributed by atoms with Crippen LogP contribution >= 0.6 is 11.6 Å². The number of fused-ring (bicyclic) bond motifs is 2. The Hall–Kier alpha value is -4.17. The normalized spacial score (nSPS) is 11.8. The van der Waals surface area contributed by atoms with Crippen molar-refractivity contribution < 1.29 is 4.79 Å². The second-order valence-corrected chi connectivity index (χ2v) is 7.78. The zero-order valence-corrected chi connectivity index (χ0v) is 18.7. The summed E-state index contributed by atoms with van der Waals surface area (Å²) < 4.78 is 3.36. The predicted molar refractivity (Wildman–Crippen MR) is 131 cm³/mol. The standard InChI is InChI=1S/C24H20ClN7O/c1-3-15(2)20-22(31-14-8-7-11-18(31)26-20)28-24(33)29-23-21(16-9-5-4-6-10-16)27-19-13-12-17(25)30-32(19)23/h3-14H,1-2H3,(H2,28,29,33). The Labute approximate surface area is 194 Å². The molecule has 4 aromatic heterocycles. The molecule has 5 rings (SSSR count). The van der Waals surface area contributed by atoms with Crippen molar-refractivity contribution in [3.8, 4) is 11.3 Å². The molecule has 0 aliphatic heterocycles. The van der Waals surface area contributed by atoms with Crippen molar-refractivity contribution >= 4 is 46.1 Å². The van der Waals surface area contributed by atoms with Gasteiger partial charge < -0.3 is 0 Å². The number of halogens is 1. The van der Waals surface area contributed by atoms with Gasteiger partial charge in [0.1, 0.15) is 28.0 Å². The summed E-state index contributed by atoms with van der Waals surface area (Å²) in [6.07, 6.45) is 3.81. The van der Waals surface area contributed by atoms with Crippen LogP contribution in [0.2, 0.25) is 5.15 Å². The van der Waals surface area contributed by atoms with E-state index in [4.69, 9.17) is 11.6 Å². The van der Waals surface area contributed by atoms with Gasteiger partial charge in [-0.15, -0.1) is 0 Å². The van der Waals surface area contributed by atoms with E-state index in [9.17, 15) is 4.79 Å². The number of carbonyl (C=O) groups is 1. The lowest BCUT2D eigenvalue weighted by molar-refractivity contribution is 0.262. The molecule has 0 fully saturated rings. The van der Waals surface area contributed by atoms with Crippen molar-refractivity contribution in [1.82, 2.24) is 24.0 Å². The fraction of sp³-hybridized carbons (Fsp3) is 0.0833. The Morgan fingerprint density at radius 3 is 2.48 bits per heavy atom. The molecule has 0 bridgehead atoms. The minimum atomic E-state index is -0.452. The Morgan fingerprint density at radius 1 is 0.939 bits per heavy atom. The van der Waals surface area contributed by atoms with E-state index in [1.807, 2.05) is 79.1 Å². The number of carbonyl (C=O) groups excluding carboxylic acids is 1. The lowest BCUT2D eigenvalue weighted by atomic mass is 10.1. The average Bonchev–Trinajstić information content (AvgIpc) is 3.37. The maximum Gasteiger partial charge on any atom is 0.326 e. The maximum absolute atomic E-state index is 13.2. The van der Waals surface area contributed by atoms with Crippen LogP contribution in [-0.4, -0.2) is 30.0 Å². The van der Waals surface area contributed by atoms with Crippen molar-refractivity contribution in [2.45, 2.75) is 13.8 Å². The van der Waals surface area contributed by atoms with Crippen LogP contribution in [0.3, 0.4) is 0 Å². The summed E-state index contributed by atoms with van der Waals surface area (Å²) in [6.45, 7) is 3.89. The van der Waals surface area contributed by atoms with E-state index in [2.05, 4.69) is 25.7 Å². The molecular weight excluding hydrogens is 438 g/mol. The smallest absolute Gasteiger partial charge is 0.291 e. The second kappa shape index (κ2) is 8.40. The molecule has 9 heteroatoms. The van der Waals surface area contributed by atoms with Crippen LogP contribution in [0.15, 0.2) is 72.9 Å². The number of pyridine rings is 1. The first kappa shape index (κ1) is 20.7. The van der Waals surface area contributed by atoms with E-state index in [0.717, 1.165) is 16.8 Å². The van der Waals surface area contributed by atoms with E-state index < -0.39 is 6.03 Å². The molecule has 33 heavy (non-hydrogen) atoms. The molecule has 2 amide bonds. The number of imidazole rings is 2. The zero-order valence-electron chi connectivity index (χ0n) is 18.0. The van der Waals surface area contributed by atoms with Gasteiger partial charge in [-0.1, -0.05) is 54.1 Å². The average molecular weight is 458 g/mol. The minimum absolute atomic E-state index is 0.288. The van der Waals surface area contributed by atoms with Gasteiger partial charge in [0.25, 0.3) is 0 Å². The Morgan fingerprint density at radius 2 is 1.70 bits per heavy atom. The summed E-state index contributed by atoms with van der Waals surface area (Å²) in [5.74, 6) is 0.981. The summed E-state index contributed by atoms with van der Waals surface area (Å²) in [5, 5.41) is 10.5. The molecule has 0 spiro atoms. The summed E-state index contributed by atoms with van der Waals surface area (Å²) in [7, 11) is 0. The fourth-order valence-corrected chi connectivity index (χ4v) is 3.73. The molecule has 1 aromatic carbocycles. The van der Waals surface area contributed by atoms with E-state index >= 15 is 0 Å². The predicted octanol–water partition coefficient (Wildman–Crippen LogP) is 5.76. The number of hydrogen-bond donors (Lipinski definition) is 2. The van der Waals surface area contributed by atoms with Crippen LogP contribution < -0.4 is 10.6 Å². The SMILES string of the molecule is CC=C(C)c1nc2ccccn2c1NC(=O)Nc1c(-c2ccccc2)nc2ccc(Cl)nn12. The highest BCUT2D eigenvalue weighted by atomic mass is 35.5. The molecule has 0 atom stereocenters. The Balaban J connectivity index is 1.57. The number of nitrogens with zero attached hydrogens (tertiary/aromatic N) is 5. The lowest BCUT2D eigenvalue weighted by Crippen LogP contribution is -2.22. The molecule has 5 aromatic rings. The van der Waals surface area contributed by atoms with Gasteiger partial charge in [-0.2, -0.15) is 9.61 Å². The van der Waals surface area contributed by atoms with Crippen molar-refractivity contribution in [1.29, 1.82) is 0 Å². The molecule has 0 aliphatic carbocycles. The summed E-state index contributed by atoms with van der Waals surface area (Å²) >= 11 is 6.13. The quantitative estimate of drug-likeness (QED) is 0.359. The fourth-order valence-electron chi connectivity index (χ4n) is 3.59. The molecule has 0 aliphatic rings. The third-order valence-corrected chi connectivity index (χ3v) is 5.49. The van der Waals surface area contributed by atoms with Crippen LogP contribution in [0.5, 0.6) is 0 Å². The van der Waals surface area contributed by atoms with E-state index in [-0.39, 0.29) is 5.15 Å². The molecule has 0 radical (unpaired) electrons. The number of allylic oxidation sites excluding steroid dienone is 2. The van der Waals surface area contributed by atoms with Crippen LogP contribution in [0.25, 0.3) is 28.1 Å². The third-order valence-electron chi connectivity index (χ3n) is 5.29. The second-order valence-electron chi connectivity index (χ2n) is 7.39. The highest BCUT2D eigenvalue weighted by Crippen LogP contribution is 2.30. The first-order valence-corrected chi connectivity index (χ1v) is 10.7. The van der Waals surface area contributed by atoms with Crippen LogP contribution in [0, 0.1) is 0 Å². The van der Waals surface area contributed by atoms with Crippen molar-refractivity contribution in [3.05, 3.63) is 83.8 Å². The van der Waals surface area contributed by atoms with E-state index in [0.29, 0.717) is 28.7 Å². The Bertz CT molecular complexity index is 1520. The molecule has 164 valence electrons. The van der Waals surface area contributed by atoms with Gasteiger partial charge in [0.2, 0.25) is 0 Å². The third kappa shape index (κ3) is 3.81. The van der Waals surface area contributed by atoms with Crippen molar-refractivity contribution in [2.75, 3.05) is 10.6 Å². The van der Waals surface area contributed by atoms with Gasteiger partial charge >= 0.3 is 6.03 Å². The molecule has 4 heterocycles. The summed E-state index contributed by atoms with van der Waals surface area (Å²) in [5.41, 5.74) is 4.37. The topological polar surface area (TPSA) is 88.6 Å². The van der Waals surface area contributed by atoms with Gasteiger partial charge in [-0.25, -0.2) is 14.8 Å². The van der Waals surface area contributed by atoms with Gasteiger partial charge in [0.05, 0.1) is 0 Å². The van der Waals surface area contributed by atoms with Crippen molar-refractivity contribution in [3.63, 3.8) is 0 Å². The minimum Gasteiger partial charge on any atom is -0.291 e. The lowest BCUT2D eigenvalue weighted by Gasteiger charge is -2.10. The summed E-state index contributed by atoms with van der Waals surface area (Å²) in [4.78, 5) is 22.5. The number of aromatic nitrogens is 5. The monoisotopic (exact) mass is 457 g/mol. The molecule has 0 saturated carbocycles. The molecule has 0 saturated heterocycles. The largest absolute Gasteiger partial charge is 0.326 e. The molecule has 0 unspecified atom stereocenters. The van der Waals surface area contributed by atoms with Crippen LogP contribution in [-0.2, 0) is 0 Å². The van der Waals surface area contributed by atoms with Crippen LogP contribution in [0.1, 0.15) is 19.5 Å². The summed E-state index contributed by atoms with van der Waals surface area (Å²) in [6, 6.07) is 18.2. The van der Waals surface area contributed by atoms with Gasteiger partial charge in [-0.3, -0.25) is 15.0 Å². The van der Waals surface area contributed by atoms with Gasteiger partial charge in [0.15, 0.2) is 11.5 Å². The van der Waals surface area contributed by atoms with Crippen molar-refractivity contribution in [2.24, 2.45) is 0 Å². The molecule has 8 nitrogen and oxygen atoms in total. The van der Waals surface area contributed by atoms with Gasteiger partial charge in [0, 0.05) is 11.8 Å². The number of urea groups is 1. The zero-order chi connectivity index (χ0) is 22.9. The molecule has 2 N–H and O–H groups in total. The molecular formula is C24H20ClN7O. The first-order chi connectivity index (χ1) is 16.0. The number of rotatable bonds is 4. The maximum atomic E-state index is 13.2. The number of hydrogen-bond acceptors (Lipinski definition) is 4. The van der Waals surface area contributed by atoms with Gasteiger partial charge in [-0.05, 0) is 43.7 Å². The Kier molecular flexibility index (Phi) is 5.27. The highest BCUT2D eigenvalue weighted by molar-refractivity contribution is 6.29. The highest BCUT2D eigenvalue weighted by Gasteiger charge is 2.20. The number of benzene rings is 1. The van der Waals surface area contributed by atoms with E-state index in [1.165, 1.54) is 4.52 Å². The van der Waals surface area contributed by atoms with E-state index in [1.54, 1.807) is 12.1 Å². The number of amides is 2. The number of anilines is 2. The first-order valence-electron chi connectivity index (χ1n) is 10.3. The van der Waals surface area contributed by atoms with Crippen LogP contribution in [0.4, 0.5) is 16.4 Å². The number of nitrogens with one attached hydrogen (secondary N) is 2.